The third kappa shape index (κ3) is 3.55. The number of hydrogen-bond donors (Lipinski definition) is 2. The Bertz CT molecular complexity index is 791. The zero-order chi connectivity index (χ0) is 18.7. The summed E-state index contributed by atoms with van der Waals surface area (Å²) in [6.45, 7) is 3.49. The van der Waals surface area contributed by atoms with E-state index in [1.54, 1.807) is 19.1 Å². The average molecular weight is 354 g/mol. The normalized spacial score (nSPS) is 20.8. The van der Waals surface area contributed by atoms with Crippen molar-refractivity contribution in [3.63, 3.8) is 0 Å². The molecule has 6 nitrogen and oxygen atoms in total. The highest BCUT2D eigenvalue weighted by atomic mass is 16.5. The van der Waals surface area contributed by atoms with Gasteiger partial charge in [0.2, 0.25) is 0 Å². The van der Waals surface area contributed by atoms with Crippen LogP contribution < -0.4 is 10.1 Å². The monoisotopic (exact) mass is 354 g/mol. The van der Waals surface area contributed by atoms with Gasteiger partial charge in [0.25, 0.3) is 5.91 Å². The van der Waals surface area contributed by atoms with Crippen LogP contribution in [0.2, 0.25) is 0 Å². The van der Waals surface area contributed by atoms with Crippen molar-refractivity contribution in [1.82, 2.24) is 10.2 Å². The third-order valence-electron chi connectivity index (χ3n) is 4.48. The number of benzene rings is 2. The van der Waals surface area contributed by atoms with E-state index >= 15 is 0 Å². The summed E-state index contributed by atoms with van der Waals surface area (Å²) < 4.78 is 5.48. The Morgan fingerprint density at radius 2 is 1.77 bits per heavy atom. The fourth-order valence-electron chi connectivity index (χ4n) is 2.92. The Morgan fingerprint density at radius 1 is 1.12 bits per heavy atom. The maximum absolute atomic E-state index is 12.8. The molecule has 0 saturated carbocycles. The summed E-state index contributed by atoms with van der Waals surface area (Å²) in [7, 11) is 0. The second-order valence-corrected chi connectivity index (χ2v) is 6.61. The zero-order valence-electron chi connectivity index (χ0n) is 14.8. The molecule has 0 radical (unpaired) electrons. The van der Waals surface area contributed by atoms with Gasteiger partial charge in [-0.1, -0.05) is 48.0 Å². The van der Waals surface area contributed by atoms with Crippen molar-refractivity contribution in [3.8, 4) is 5.75 Å². The second kappa shape index (κ2) is 7.17. The molecule has 0 aromatic heterocycles. The molecule has 1 saturated heterocycles. The van der Waals surface area contributed by atoms with Crippen molar-refractivity contribution in [1.29, 1.82) is 0 Å². The fourth-order valence-corrected chi connectivity index (χ4v) is 2.92. The van der Waals surface area contributed by atoms with Gasteiger partial charge in [-0.15, -0.1) is 0 Å². The van der Waals surface area contributed by atoms with E-state index in [1.807, 2.05) is 49.4 Å². The summed E-state index contributed by atoms with van der Waals surface area (Å²) in [6, 6.07) is 16.0. The highest BCUT2D eigenvalue weighted by molar-refractivity contribution is 6.07. The third-order valence-corrected chi connectivity index (χ3v) is 4.48. The minimum atomic E-state index is -1.13. The molecular formula is C20H22N2O4. The number of para-hydroxylation sites is 1. The van der Waals surface area contributed by atoms with Crippen molar-refractivity contribution in [2.45, 2.75) is 25.5 Å². The standard InChI is InChI=1S/C20H22N2O4/c1-14-8-10-15(11-9-14)20(2)18(24)22(19(25)21-20)12-16(23)13-26-17-6-4-3-5-7-17/h3-11,16,23H,12-13H2,1-2H3,(H,21,25)/t16-,20-/m1/s1. The Hall–Kier alpha value is -2.86. The molecule has 1 heterocycles. The van der Waals surface area contributed by atoms with E-state index in [-0.39, 0.29) is 19.1 Å². The van der Waals surface area contributed by atoms with Crippen molar-refractivity contribution in [2.24, 2.45) is 0 Å². The number of aliphatic hydroxyl groups excluding tert-OH is 1. The van der Waals surface area contributed by atoms with Crippen LogP contribution in [0.15, 0.2) is 54.6 Å². The Kier molecular flexibility index (Phi) is 4.95. The van der Waals surface area contributed by atoms with Gasteiger partial charge in [-0.3, -0.25) is 9.69 Å². The minimum Gasteiger partial charge on any atom is -0.491 e. The maximum Gasteiger partial charge on any atom is 0.325 e. The van der Waals surface area contributed by atoms with Gasteiger partial charge in [-0.2, -0.15) is 0 Å². The summed E-state index contributed by atoms with van der Waals surface area (Å²) in [6.07, 6.45) is -0.981. The van der Waals surface area contributed by atoms with E-state index < -0.39 is 17.7 Å². The van der Waals surface area contributed by atoms with Gasteiger partial charge in [-0.05, 0) is 31.5 Å². The first-order chi connectivity index (χ1) is 12.4. The van der Waals surface area contributed by atoms with Crippen LogP contribution >= 0.6 is 0 Å². The SMILES string of the molecule is Cc1ccc([C@@]2(C)NC(=O)N(C[C@@H](O)COc3ccccc3)C2=O)cc1. The largest absolute Gasteiger partial charge is 0.491 e. The molecule has 0 aliphatic carbocycles. The quantitative estimate of drug-likeness (QED) is 0.780. The molecular weight excluding hydrogens is 332 g/mol. The van der Waals surface area contributed by atoms with Crippen molar-refractivity contribution in [3.05, 3.63) is 65.7 Å². The lowest BCUT2D eigenvalue weighted by molar-refractivity contribution is -0.132. The number of rotatable bonds is 6. The van der Waals surface area contributed by atoms with Gasteiger partial charge in [-0.25, -0.2) is 4.79 Å². The van der Waals surface area contributed by atoms with Crippen molar-refractivity contribution >= 4 is 11.9 Å². The number of carbonyl (C=O) groups is 2. The first-order valence-electron chi connectivity index (χ1n) is 8.47. The van der Waals surface area contributed by atoms with E-state index in [0.29, 0.717) is 11.3 Å². The molecule has 0 unspecified atom stereocenters. The number of nitrogens with zero attached hydrogens (tertiary/aromatic N) is 1. The van der Waals surface area contributed by atoms with Gasteiger partial charge < -0.3 is 15.2 Å². The van der Waals surface area contributed by atoms with Crippen LogP contribution in [0, 0.1) is 6.92 Å². The Morgan fingerprint density at radius 3 is 2.42 bits per heavy atom. The molecule has 6 heteroatoms. The van der Waals surface area contributed by atoms with E-state index in [4.69, 9.17) is 4.74 Å². The molecule has 26 heavy (non-hydrogen) atoms. The van der Waals surface area contributed by atoms with E-state index in [0.717, 1.165) is 10.5 Å². The molecule has 2 aromatic carbocycles. The number of aryl methyl sites for hydroxylation is 1. The molecule has 0 spiro atoms. The number of amides is 3. The second-order valence-electron chi connectivity index (χ2n) is 6.61. The highest BCUT2D eigenvalue weighted by Crippen LogP contribution is 2.29. The molecule has 2 aromatic rings. The van der Waals surface area contributed by atoms with Gasteiger partial charge in [0.05, 0.1) is 6.54 Å². The first-order valence-corrected chi connectivity index (χ1v) is 8.47. The average Bonchev–Trinajstić information content (AvgIpc) is 2.85. The molecule has 3 amide bonds. The molecule has 2 N–H and O–H groups in total. The topological polar surface area (TPSA) is 78.9 Å². The molecule has 0 bridgehead atoms. The summed E-state index contributed by atoms with van der Waals surface area (Å²) in [4.78, 5) is 26.2. The number of urea groups is 1. The van der Waals surface area contributed by atoms with Gasteiger partial charge in [0, 0.05) is 0 Å². The molecule has 3 rings (SSSR count). The molecule has 2 atom stereocenters. The van der Waals surface area contributed by atoms with E-state index in [9.17, 15) is 14.7 Å². The Labute approximate surface area is 152 Å². The number of carbonyl (C=O) groups excluding carboxylic acids is 2. The van der Waals surface area contributed by atoms with Crippen LogP contribution in [0.4, 0.5) is 4.79 Å². The number of hydrogen-bond acceptors (Lipinski definition) is 4. The van der Waals surface area contributed by atoms with Crippen LogP contribution in [0.3, 0.4) is 0 Å². The predicted molar refractivity (Wildman–Crippen MR) is 96.7 cm³/mol. The molecule has 1 aliphatic rings. The summed E-state index contributed by atoms with van der Waals surface area (Å²) >= 11 is 0. The number of nitrogens with one attached hydrogen (secondary N) is 1. The maximum atomic E-state index is 12.8. The summed E-state index contributed by atoms with van der Waals surface area (Å²) in [5, 5.41) is 12.9. The number of aliphatic hydroxyl groups is 1. The van der Waals surface area contributed by atoms with E-state index in [1.165, 1.54) is 0 Å². The van der Waals surface area contributed by atoms with Crippen molar-refractivity contribution < 1.29 is 19.4 Å². The minimum absolute atomic E-state index is 0.0116. The Balaban J connectivity index is 1.66. The van der Waals surface area contributed by atoms with Crippen LogP contribution in [-0.2, 0) is 10.3 Å². The van der Waals surface area contributed by atoms with Gasteiger partial charge in [0.15, 0.2) is 0 Å². The van der Waals surface area contributed by atoms with Gasteiger partial charge in [0.1, 0.15) is 24.0 Å². The number of imide groups is 1. The zero-order valence-corrected chi connectivity index (χ0v) is 14.8. The summed E-state index contributed by atoms with van der Waals surface area (Å²) in [5.41, 5.74) is 0.642. The van der Waals surface area contributed by atoms with Crippen LogP contribution in [0.1, 0.15) is 18.1 Å². The smallest absolute Gasteiger partial charge is 0.325 e. The van der Waals surface area contributed by atoms with Crippen LogP contribution in [0.5, 0.6) is 5.75 Å². The van der Waals surface area contributed by atoms with Crippen LogP contribution in [0.25, 0.3) is 0 Å². The van der Waals surface area contributed by atoms with Gasteiger partial charge >= 0.3 is 6.03 Å². The highest BCUT2D eigenvalue weighted by Gasteiger charge is 2.49. The van der Waals surface area contributed by atoms with Crippen LogP contribution in [-0.4, -0.2) is 41.2 Å². The lowest BCUT2D eigenvalue weighted by Gasteiger charge is -2.23. The molecule has 1 fully saturated rings. The predicted octanol–water partition coefficient (Wildman–Crippen LogP) is 2.20. The van der Waals surface area contributed by atoms with Crippen molar-refractivity contribution in [2.75, 3.05) is 13.2 Å². The first kappa shape index (κ1) is 17.9. The lowest BCUT2D eigenvalue weighted by Crippen LogP contribution is -2.42. The lowest BCUT2D eigenvalue weighted by atomic mass is 9.91. The summed E-state index contributed by atoms with van der Waals surface area (Å²) in [5.74, 6) is 0.235. The number of ether oxygens (including phenoxy) is 1. The molecule has 1 aliphatic heterocycles. The number of β-amino-alcohol motifs (C(OH)–C–C–N with tert-alkyl or cyclic N) is 1. The molecule has 136 valence electrons. The fraction of sp³-hybridized carbons (Fsp3) is 0.300. The van der Waals surface area contributed by atoms with E-state index in [2.05, 4.69) is 5.32 Å².